The summed E-state index contributed by atoms with van der Waals surface area (Å²) in [6, 6.07) is 9.79. The number of ether oxygens (including phenoxy) is 1. The van der Waals surface area contributed by atoms with Crippen LogP contribution in [0.5, 0.6) is 5.75 Å². The van der Waals surface area contributed by atoms with Gasteiger partial charge in [-0.1, -0.05) is 13.0 Å². The molecule has 5 nitrogen and oxygen atoms in total. The average Bonchev–Trinajstić information content (AvgIpc) is 2.54. The molecule has 0 amide bonds. The van der Waals surface area contributed by atoms with Crippen LogP contribution in [0.2, 0.25) is 0 Å². The van der Waals surface area contributed by atoms with Gasteiger partial charge in [-0.25, -0.2) is 4.98 Å². The second kappa shape index (κ2) is 7.94. The summed E-state index contributed by atoms with van der Waals surface area (Å²) in [6.45, 7) is 3.70. The topological polar surface area (TPSA) is 71.6 Å². The highest BCUT2D eigenvalue weighted by atomic mass is 16.5. The van der Waals surface area contributed by atoms with Crippen molar-refractivity contribution in [2.75, 3.05) is 33.0 Å². The maximum Gasteiger partial charge on any atom is 0.128 e. The number of aliphatic hydroxyl groups is 1. The lowest BCUT2D eigenvalue weighted by Crippen LogP contribution is -2.22. The summed E-state index contributed by atoms with van der Waals surface area (Å²) in [5.41, 5.74) is 10.0. The molecule has 0 atom stereocenters. The Morgan fingerprint density at radius 3 is 2.65 bits per heavy atom. The monoisotopic (exact) mass is 315 g/mol. The normalized spacial score (nSPS) is 11.0. The summed E-state index contributed by atoms with van der Waals surface area (Å²) in [5.74, 6) is 1.28. The maximum atomic E-state index is 9.07. The summed E-state index contributed by atoms with van der Waals surface area (Å²) in [6.07, 6.45) is 0.918. The van der Waals surface area contributed by atoms with Crippen molar-refractivity contribution in [3.05, 3.63) is 41.5 Å². The van der Waals surface area contributed by atoms with Crippen molar-refractivity contribution in [2.24, 2.45) is 0 Å². The highest BCUT2D eigenvalue weighted by Gasteiger charge is 2.14. The number of hydrogen-bond donors (Lipinski definition) is 2. The van der Waals surface area contributed by atoms with E-state index >= 15 is 0 Å². The van der Waals surface area contributed by atoms with Crippen LogP contribution in [0.25, 0.3) is 11.3 Å². The number of pyridine rings is 1. The molecule has 2 aromatic rings. The van der Waals surface area contributed by atoms with Gasteiger partial charge in [0.25, 0.3) is 0 Å². The Morgan fingerprint density at radius 1 is 1.26 bits per heavy atom. The van der Waals surface area contributed by atoms with Crippen molar-refractivity contribution >= 4 is 5.82 Å². The van der Waals surface area contributed by atoms with Gasteiger partial charge in [0.05, 0.1) is 19.4 Å². The molecular weight excluding hydrogens is 290 g/mol. The second-order valence-corrected chi connectivity index (χ2v) is 5.58. The van der Waals surface area contributed by atoms with Crippen molar-refractivity contribution in [1.82, 2.24) is 9.88 Å². The Hall–Kier alpha value is -2.11. The van der Waals surface area contributed by atoms with Gasteiger partial charge in [0.2, 0.25) is 0 Å². The zero-order valence-corrected chi connectivity index (χ0v) is 14.0. The number of benzene rings is 1. The lowest BCUT2D eigenvalue weighted by Gasteiger charge is -2.20. The number of rotatable bonds is 7. The molecule has 1 aromatic carbocycles. The van der Waals surface area contributed by atoms with Gasteiger partial charge < -0.3 is 15.6 Å². The van der Waals surface area contributed by atoms with Crippen molar-refractivity contribution in [3.63, 3.8) is 0 Å². The molecule has 124 valence electrons. The Kier molecular flexibility index (Phi) is 5.96. The minimum Gasteiger partial charge on any atom is -0.496 e. The fraction of sp³-hybridized carbons (Fsp3) is 0.389. The van der Waals surface area contributed by atoms with Crippen LogP contribution in [0.3, 0.4) is 0 Å². The van der Waals surface area contributed by atoms with E-state index in [0.29, 0.717) is 12.4 Å². The predicted octanol–water partition coefficient (Wildman–Crippen LogP) is 2.33. The quantitative estimate of drug-likeness (QED) is 0.820. The molecule has 0 saturated heterocycles. The van der Waals surface area contributed by atoms with Gasteiger partial charge in [-0.3, -0.25) is 4.90 Å². The third-order valence-electron chi connectivity index (χ3n) is 3.87. The molecule has 0 fully saturated rings. The van der Waals surface area contributed by atoms with Gasteiger partial charge in [-0.05, 0) is 48.9 Å². The Morgan fingerprint density at radius 2 is 2.04 bits per heavy atom. The average molecular weight is 315 g/mol. The number of likely N-dealkylation sites (N-methyl/N-ethyl adjacent to an activating group) is 1. The van der Waals surface area contributed by atoms with E-state index in [1.54, 1.807) is 13.2 Å². The molecular formula is C18H25N3O2. The Balaban J connectivity index is 2.45. The van der Waals surface area contributed by atoms with Crippen LogP contribution >= 0.6 is 0 Å². The third kappa shape index (κ3) is 4.21. The first-order valence-corrected chi connectivity index (χ1v) is 7.81. The smallest absolute Gasteiger partial charge is 0.128 e. The van der Waals surface area contributed by atoms with Crippen LogP contribution in [0.1, 0.15) is 18.1 Å². The van der Waals surface area contributed by atoms with E-state index in [-0.39, 0.29) is 6.61 Å². The summed E-state index contributed by atoms with van der Waals surface area (Å²) in [4.78, 5) is 6.49. The maximum absolute atomic E-state index is 9.07. The van der Waals surface area contributed by atoms with Gasteiger partial charge in [-0.2, -0.15) is 0 Å². The van der Waals surface area contributed by atoms with Crippen LogP contribution < -0.4 is 10.5 Å². The molecule has 23 heavy (non-hydrogen) atoms. The number of aryl methyl sites for hydroxylation is 1. The molecule has 0 aliphatic heterocycles. The minimum absolute atomic E-state index is 0.153. The Labute approximate surface area is 137 Å². The van der Waals surface area contributed by atoms with E-state index < -0.39 is 0 Å². The molecule has 0 spiro atoms. The van der Waals surface area contributed by atoms with E-state index in [4.69, 9.17) is 15.6 Å². The Bertz CT molecular complexity index is 659. The number of nitrogens with zero attached hydrogens (tertiary/aromatic N) is 2. The molecule has 3 N–H and O–H groups in total. The van der Waals surface area contributed by atoms with Gasteiger partial charge in [-0.15, -0.1) is 0 Å². The van der Waals surface area contributed by atoms with E-state index in [0.717, 1.165) is 30.0 Å². The highest BCUT2D eigenvalue weighted by molar-refractivity contribution is 5.70. The molecule has 0 aliphatic carbocycles. The number of methoxy groups -OCH3 is 1. The predicted molar refractivity (Wildman–Crippen MR) is 93.4 cm³/mol. The van der Waals surface area contributed by atoms with Crippen LogP contribution in [0, 0.1) is 0 Å². The molecule has 1 heterocycles. The molecule has 1 aromatic heterocycles. The van der Waals surface area contributed by atoms with Crippen LogP contribution in [0.4, 0.5) is 5.82 Å². The fourth-order valence-corrected chi connectivity index (χ4v) is 2.65. The van der Waals surface area contributed by atoms with E-state index in [2.05, 4.69) is 28.9 Å². The molecule has 2 rings (SSSR count). The van der Waals surface area contributed by atoms with Gasteiger partial charge in [0, 0.05) is 18.7 Å². The highest BCUT2D eigenvalue weighted by Crippen LogP contribution is 2.33. The molecule has 0 bridgehead atoms. The van der Waals surface area contributed by atoms with Gasteiger partial charge >= 0.3 is 0 Å². The summed E-state index contributed by atoms with van der Waals surface area (Å²) < 4.78 is 5.57. The molecule has 0 saturated carbocycles. The summed E-state index contributed by atoms with van der Waals surface area (Å²) in [5, 5.41) is 9.07. The van der Waals surface area contributed by atoms with Crippen LogP contribution in [-0.2, 0) is 13.0 Å². The van der Waals surface area contributed by atoms with Crippen LogP contribution in [-0.4, -0.2) is 42.3 Å². The standard InChI is InChI=1S/C18H25N3O2/c1-4-13-10-15(16-6-5-7-18(19)20-16)17(23-3)11-14(13)12-21(2)8-9-22/h5-7,10-11,22H,4,8-9,12H2,1-3H3,(H2,19,20). The lowest BCUT2D eigenvalue weighted by atomic mass is 9.98. The van der Waals surface area contributed by atoms with E-state index in [1.165, 1.54) is 11.1 Å². The second-order valence-electron chi connectivity index (χ2n) is 5.58. The number of anilines is 1. The summed E-state index contributed by atoms with van der Waals surface area (Å²) >= 11 is 0. The SMILES string of the molecule is CCc1cc(-c2cccc(N)n2)c(OC)cc1CN(C)CCO. The zero-order valence-electron chi connectivity index (χ0n) is 14.0. The van der Waals surface area contributed by atoms with Crippen molar-refractivity contribution in [2.45, 2.75) is 19.9 Å². The first-order chi connectivity index (χ1) is 11.1. The largest absolute Gasteiger partial charge is 0.496 e. The molecule has 0 unspecified atom stereocenters. The third-order valence-corrected chi connectivity index (χ3v) is 3.87. The molecule has 0 radical (unpaired) electrons. The number of aromatic nitrogens is 1. The lowest BCUT2D eigenvalue weighted by molar-refractivity contribution is 0.217. The van der Waals surface area contributed by atoms with Crippen LogP contribution in [0.15, 0.2) is 30.3 Å². The number of nitrogens with two attached hydrogens (primary N) is 1. The van der Waals surface area contributed by atoms with Crippen molar-refractivity contribution < 1.29 is 9.84 Å². The first-order valence-electron chi connectivity index (χ1n) is 7.81. The molecule has 0 aliphatic rings. The van der Waals surface area contributed by atoms with Gasteiger partial charge in [0.15, 0.2) is 0 Å². The summed E-state index contributed by atoms with van der Waals surface area (Å²) in [7, 11) is 3.66. The van der Waals surface area contributed by atoms with Crippen molar-refractivity contribution in [3.8, 4) is 17.0 Å². The van der Waals surface area contributed by atoms with Crippen molar-refractivity contribution in [1.29, 1.82) is 0 Å². The zero-order chi connectivity index (χ0) is 16.8. The number of aliphatic hydroxyl groups excluding tert-OH is 1. The minimum atomic E-state index is 0.153. The van der Waals surface area contributed by atoms with E-state index in [1.807, 2.05) is 19.2 Å². The first kappa shape index (κ1) is 17.2. The number of hydrogen-bond acceptors (Lipinski definition) is 5. The van der Waals surface area contributed by atoms with Gasteiger partial charge in [0.1, 0.15) is 11.6 Å². The van der Waals surface area contributed by atoms with E-state index in [9.17, 15) is 0 Å². The fourth-order valence-electron chi connectivity index (χ4n) is 2.65. The number of nitrogen functional groups attached to an aromatic ring is 1. The molecule has 5 heteroatoms.